The second-order valence-corrected chi connectivity index (χ2v) is 6.13. The highest BCUT2D eigenvalue weighted by atomic mass is 14.4. The van der Waals surface area contributed by atoms with Crippen molar-refractivity contribution in [2.75, 3.05) is 0 Å². The van der Waals surface area contributed by atoms with E-state index in [-0.39, 0.29) is 0 Å². The summed E-state index contributed by atoms with van der Waals surface area (Å²) in [7, 11) is 0. The Labute approximate surface area is 122 Å². The van der Waals surface area contributed by atoms with Gasteiger partial charge in [0, 0.05) is 11.8 Å². The standard InChI is InChI=1S/C20H22/c1-14(2)18-13-17-12-8-7-9-15(3)19(17)20(18)16-10-5-4-6-11-16/h4-14,19-20H,1-3H3. The van der Waals surface area contributed by atoms with E-state index in [1.807, 2.05) is 0 Å². The average molecular weight is 262 g/mol. The molecule has 0 nitrogen and oxygen atoms in total. The summed E-state index contributed by atoms with van der Waals surface area (Å²) in [4.78, 5) is 0. The third-order valence-corrected chi connectivity index (χ3v) is 4.46. The smallest absolute Gasteiger partial charge is 0.0160 e. The second kappa shape index (κ2) is 5.28. The predicted molar refractivity (Wildman–Crippen MR) is 86.6 cm³/mol. The molecule has 2 aliphatic rings. The number of hydrogen-bond donors (Lipinski definition) is 0. The number of hydrogen-bond acceptors (Lipinski definition) is 0. The molecule has 2 atom stereocenters. The summed E-state index contributed by atoms with van der Waals surface area (Å²) < 4.78 is 0. The molecule has 0 aromatic heterocycles. The summed E-state index contributed by atoms with van der Waals surface area (Å²) in [6.07, 6.45) is 11.3. The van der Waals surface area contributed by atoms with E-state index in [1.54, 1.807) is 5.57 Å². The van der Waals surface area contributed by atoms with Gasteiger partial charge in [-0.2, -0.15) is 0 Å². The lowest BCUT2D eigenvalue weighted by atomic mass is 9.77. The van der Waals surface area contributed by atoms with Crippen LogP contribution >= 0.6 is 0 Å². The Morgan fingerprint density at radius 2 is 1.60 bits per heavy atom. The first kappa shape index (κ1) is 13.2. The zero-order chi connectivity index (χ0) is 14.1. The van der Waals surface area contributed by atoms with Gasteiger partial charge in [-0.3, -0.25) is 0 Å². The summed E-state index contributed by atoms with van der Waals surface area (Å²) in [5.41, 5.74) is 5.93. The summed E-state index contributed by atoms with van der Waals surface area (Å²) in [5, 5.41) is 0. The first-order chi connectivity index (χ1) is 9.68. The van der Waals surface area contributed by atoms with Gasteiger partial charge in [-0.15, -0.1) is 0 Å². The molecule has 0 saturated carbocycles. The fourth-order valence-corrected chi connectivity index (χ4v) is 3.48. The first-order valence-corrected chi connectivity index (χ1v) is 7.50. The molecule has 1 aromatic carbocycles. The summed E-state index contributed by atoms with van der Waals surface area (Å²) >= 11 is 0. The Morgan fingerprint density at radius 3 is 2.30 bits per heavy atom. The highest BCUT2D eigenvalue weighted by Gasteiger charge is 2.36. The van der Waals surface area contributed by atoms with Crippen molar-refractivity contribution in [3.63, 3.8) is 0 Å². The lowest BCUT2D eigenvalue weighted by Gasteiger charge is -2.26. The third-order valence-electron chi connectivity index (χ3n) is 4.46. The number of benzene rings is 1. The van der Waals surface area contributed by atoms with Crippen molar-refractivity contribution < 1.29 is 0 Å². The van der Waals surface area contributed by atoms with Gasteiger partial charge >= 0.3 is 0 Å². The Kier molecular flexibility index (Phi) is 3.48. The molecule has 0 saturated heterocycles. The number of rotatable bonds is 2. The normalized spacial score (nSPS) is 24.9. The van der Waals surface area contributed by atoms with Crippen LogP contribution in [0.5, 0.6) is 0 Å². The summed E-state index contributed by atoms with van der Waals surface area (Å²) in [6.45, 7) is 6.88. The van der Waals surface area contributed by atoms with E-state index in [0.717, 1.165) is 0 Å². The Hall–Kier alpha value is -1.82. The van der Waals surface area contributed by atoms with E-state index in [4.69, 9.17) is 0 Å². The van der Waals surface area contributed by atoms with Crippen LogP contribution in [0.4, 0.5) is 0 Å². The summed E-state index contributed by atoms with van der Waals surface area (Å²) in [5.74, 6) is 1.59. The second-order valence-electron chi connectivity index (χ2n) is 6.13. The van der Waals surface area contributed by atoms with Crippen LogP contribution in [0.1, 0.15) is 32.3 Å². The number of fused-ring (bicyclic) bond motifs is 1. The molecule has 0 bridgehead atoms. The topological polar surface area (TPSA) is 0 Å². The van der Waals surface area contributed by atoms with Crippen LogP contribution in [0.15, 0.2) is 77.4 Å². The van der Waals surface area contributed by atoms with E-state index in [9.17, 15) is 0 Å². The zero-order valence-electron chi connectivity index (χ0n) is 12.5. The van der Waals surface area contributed by atoms with E-state index in [1.165, 1.54) is 16.7 Å². The third kappa shape index (κ3) is 2.20. The lowest BCUT2D eigenvalue weighted by Crippen LogP contribution is -2.14. The molecule has 2 unspecified atom stereocenters. The van der Waals surface area contributed by atoms with Crippen LogP contribution in [0, 0.1) is 11.8 Å². The summed E-state index contributed by atoms with van der Waals surface area (Å²) in [6, 6.07) is 11.0. The van der Waals surface area contributed by atoms with Crippen molar-refractivity contribution in [3.05, 3.63) is 83.0 Å². The Morgan fingerprint density at radius 1 is 0.900 bits per heavy atom. The van der Waals surface area contributed by atoms with Crippen molar-refractivity contribution in [3.8, 4) is 0 Å². The van der Waals surface area contributed by atoms with Gasteiger partial charge in [0.1, 0.15) is 0 Å². The van der Waals surface area contributed by atoms with Crippen molar-refractivity contribution >= 4 is 0 Å². The molecule has 20 heavy (non-hydrogen) atoms. The van der Waals surface area contributed by atoms with Gasteiger partial charge in [0.15, 0.2) is 0 Å². The lowest BCUT2D eigenvalue weighted by molar-refractivity contribution is 0.590. The van der Waals surface area contributed by atoms with Gasteiger partial charge < -0.3 is 0 Å². The average Bonchev–Trinajstić information content (AvgIpc) is 2.75. The molecule has 0 fully saturated rings. The van der Waals surface area contributed by atoms with E-state index < -0.39 is 0 Å². The fourth-order valence-electron chi connectivity index (χ4n) is 3.48. The van der Waals surface area contributed by atoms with E-state index in [2.05, 4.69) is 81.5 Å². The SMILES string of the molecule is CC1=CC=CC=C2C=C(C(C)C)C(c3ccccc3)C12. The van der Waals surface area contributed by atoms with Crippen molar-refractivity contribution in [1.29, 1.82) is 0 Å². The Balaban J connectivity index is 2.12. The molecule has 0 heterocycles. The molecule has 0 spiro atoms. The van der Waals surface area contributed by atoms with Gasteiger partial charge in [0.05, 0.1) is 0 Å². The molecule has 0 aliphatic heterocycles. The minimum absolute atomic E-state index is 0.499. The van der Waals surface area contributed by atoms with Gasteiger partial charge in [-0.1, -0.05) is 85.7 Å². The quantitative estimate of drug-likeness (QED) is 0.667. The van der Waals surface area contributed by atoms with Crippen LogP contribution < -0.4 is 0 Å². The van der Waals surface area contributed by atoms with Gasteiger partial charge in [0.25, 0.3) is 0 Å². The Bertz CT molecular complexity index is 609. The molecule has 0 amide bonds. The van der Waals surface area contributed by atoms with Crippen molar-refractivity contribution in [2.45, 2.75) is 26.7 Å². The van der Waals surface area contributed by atoms with Gasteiger partial charge in [0.2, 0.25) is 0 Å². The van der Waals surface area contributed by atoms with Crippen molar-refractivity contribution in [2.24, 2.45) is 11.8 Å². The molecule has 2 aliphatic carbocycles. The highest BCUT2D eigenvalue weighted by Crippen LogP contribution is 2.49. The van der Waals surface area contributed by atoms with Crippen molar-refractivity contribution in [1.82, 2.24) is 0 Å². The maximum absolute atomic E-state index is 2.43. The minimum atomic E-state index is 0.499. The van der Waals surface area contributed by atoms with Gasteiger partial charge in [-0.25, -0.2) is 0 Å². The minimum Gasteiger partial charge on any atom is -0.0649 e. The van der Waals surface area contributed by atoms with E-state index >= 15 is 0 Å². The van der Waals surface area contributed by atoms with Crippen LogP contribution in [0.2, 0.25) is 0 Å². The fraction of sp³-hybridized carbons (Fsp3) is 0.300. The maximum Gasteiger partial charge on any atom is 0.0160 e. The molecule has 3 rings (SSSR count). The van der Waals surface area contributed by atoms with Crippen LogP contribution in [0.25, 0.3) is 0 Å². The van der Waals surface area contributed by atoms with Crippen LogP contribution in [-0.2, 0) is 0 Å². The molecule has 0 radical (unpaired) electrons. The molecule has 0 heteroatoms. The molecule has 102 valence electrons. The highest BCUT2D eigenvalue weighted by molar-refractivity contribution is 5.52. The maximum atomic E-state index is 2.43. The first-order valence-electron chi connectivity index (χ1n) is 7.50. The predicted octanol–water partition coefficient (Wildman–Crippen LogP) is 5.42. The molecular formula is C20H22. The molecular weight excluding hydrogens is 240 g/mol. The zero-order valence-corrected chi connectivity index (χ0v) is 12.5. The number of allylic oxidation sites excluding steroid dienone is 8. The largest absolute Gasteiger partial charge is 0.0649 e. The van der Waals surface area contributed by atoms with E-state index in [0.29, 0.717) is 17.8 Å². The monoisotopic (exact) mass is 262 g/mol. The van der Waals surface area contributed by atoms with Crippen LogP contribution in [-0.4, -0.2) is 0 Å². The van der Waals surface area contributed by atoms with Gasteiger partial charge in [-0.05, 0) is 24.0 Å². The molecule has 0 N–H and O–H groups in total. The van der Waals surface area contributed by atoms with Crippen LogP contribution in [0.3, 0.4) is 0 Å². The molecule has 1 aromatic rings.